The molecule has 0 spiro atoms. The van der Waals surface area contributed by atoms with Crippen molar-refractivity contribution in [3.05, 3.63) is 53.1 Å². The smallest absolute Gasteiger partial charge is 0.261 e. The maximum absolute atomic E-state index is 13.4. The summed E-state index contributed by atoms with van der Waals surface area (Å²) in [4.78, 5) is 22.0. The third-order valence-electron chi connectivity index (χ3n) is 5.09. The van der Waals surface area contributed by atoms with Crippen LogP contribution < -0.4 is 4.90 Å². The average molecular weight is 480 g/mol. The van der Waals surface area contributed by atoms with Crippen molar-refractivity contribution in [2.24, 2.45) is 0 Å². The van der Waals surface area contributed by atoms with Crippen molar-refractivity contribution < 1.29 is 17.9 Å². The Morgan fingerprint density at radius 3 is 2.65 bits per heavy atom. The first-order valence-electron chi connectivity index (χ1n) is 9.81. The van der Waals surface area contributed by atoms with Crippen molar-refractivity contribution in [1.29, 1.82) is 0 Å². The molecular weight excluding hydrogens is 458 g/mol. The Labute approximate surface area is 190 Å². The highest BCUT2D eigenvalue weighted by Crippen LogP contribution is 2.33. The fourth-order valence-electron chi connectivity index (χ4n) is 3.46. The number of carbonyl (C=O) groups excluding carboxylic acids is 1. The number of aromatic nitrogens is 1. The van der Waals surface area contributed by atoms with Crippen LogP contribution in [0.15, 0.2) is 47.4 Å². The van der Waals surface area contributed by atoms with Gasteiger partial charge in [0.1, 0.15) is 5.52 Å². The summed E-state index contributed by atoms with van der Waals surface area (Å²) >= 11 is 7.59. The van der Waals surface area contributed by atoms with Crippen molar-refractivity contribution in [1.82, 2.24) is 9.88 Å². The summed E-state index contributed by atoms with van der Waals surface area (Å²) in [6.07, 6.45) is 1.16. The lowest BCUT2D eigenvalue weighted by molar-refractivity contribution is 0.0391. The van der Waals surface area contributed by atoms with E-state index >= 15 is 0 Å². The first-order valence-corrected chi connectivity index (χ1v) is 12.9. The van der Waals surface area contributed by atoms with Crippen LogP contribution in [0.1, 0.15) is 10.4 Å². The molecule has 1 aromatic heterocycles. The number of para-hydroxylation sites is 1. The van der Waals surface area contributed by atoms with Crippen LogP contribution in [0.4, 0.5) is 5.13 Å². The third kappa shape index (κ3) is 4.91. The molecule has 0 radical (unpaired) electrons. The Morgan fingerprint density at radius 2 is 1.94 bits per heavy atom. The van der Waals surface area contributed by atoms with Crippen LogP contribution in [-0.2, 0) is 14.6 Å². The fourth-order valence-corrected chi connectivity index (χ4v) is 5.59. The Morgan fingerprint density at radius 1 is 1.19 bits per heavy atom. The van der Waals surface area contributed by atoms with Gasteiger partial charge in [-0.1, -0.05) is 41.1 Å². The number of morpholine rings is 1. The number of ether oxygens (including phenoxy) is 1. The maximum atomic E-state index is 13.4. The van der Waals surface area contributed by atoms with Crippen molar-refractivity contribution in [2.45, 2.75) is 4.90 Å². The molecule has 10 heteroatoms. The summed E-state index contributed by atoms with van der Waals surface area (Å²) in [5.41, 5.74) is 0.766. The number of hydrogen-bond donors (Lipinski definition) is 0. The van der Waals surface area contributed by atoms with Gasteiger partial charge in [0, 0.05) is 32.4 Å². The van der Waals surface area contributed by atoms with Gasteiger partial charge in [-0.2, -0.15) is 0 Å². The van der Waals surface area contributed by atoms with E-state index < -0.39 is 9.84 Å². The summed E-state index contributed by atoms with van der Waals surface area (Å²) in [5.74, 6) is -0.265. The molecule has 0 saturated carbocycles. The lowest BCUT2D eigenvalue weighted by Crippen LogP contribution is -2.43. The molecule has 0 atom stereocenters. The van der Waals surface area contributed by atoms with Gasteiger partial charge in [-0.05, 0) is 24.3 Å². The number of nitrogens with zero attached hydrogens (tertiary/aromatic N) is 3. The van der Waals surface area contributed by atoms with Crippen LogP contribution >= 0.6 is 22.9 Å². The lowest BCUT2D eigenvalue weighted by Gasteiger charge is -2.29. The van der Waals surface area contributed by atoms with Crippen LogP contribution in [0.3, 0.4) is 0 Å². The van der Waals surface area contributed by atoms with Crippen molar-refractivity contribution >= 4 is 54.0 Å². The number of hydrogen-bond acceptors (Lipinski definition) is 7. The summed E-state index contributed by atoms with van der Waals surface area (Å²) in [6.45, 7) is 3.97. The lowest BCUT2D eigenvalue weighted by atomic mass is 10.2. The van der Waals surface area contributed by atoms with Gasteiger partial charge in [-0.15, -0.1) is 0 Å². The minimum absolute atomic E-state index is 0.158. The minimum Gasteiger partial charge on any atom is -0.379 e. The van der Waals surface area contributed by atoms with E-state index in [2.05, 4.69) is 9.88 Å². The number of rotatable bonds is 6. The Hall–Kier alpha value is -2.04. The number of halogens is 1. The maximum Gasteiger partial charge on any atom is 0.261 e. The van der Waals surface area contributed by atoms with E-state index in [1.165, 1.54) is 17.4 Å². The molecular formula is C21H22ClN3O4S2. The average Bonchev–Trinajstić information content (AvgIpc) is 3.18. The second-order valence-electron chi connectivity index (χ2n) is 7.26. The standard InChI is InChI=1S/C21H22ClN3O4S2/c1-31(27,28)18-8-4-7-17-19(18)23-21(30-17)25(10-9-24-11-13-29-14-12-24)20(26)15-5-2-3-6-16(15)22/h2-8H,9-14H2,1H3. The normalized spacial score (nSPS) is 15.3. The molecule has 2 heterocycles. The Kier molecular flexibility index (Phi) is 6.59. The van der Waals surface area contributed by atoms with Gasteiger partial charge in [-0.3, -0.25) is 14.6 Å². The van der Waals surface area contributed by atoms with Gasteiger partial charge < -0.3 is 4.74 Å². The number of carbonyl (C=O) groups is 1. The van der Waals surface area contributed by atoms with E-state index in [1.54, 1.807) is 35.2 Å². The summed E-state index contributed by atoms with van der Waals surface area (Å²) in [5, 5.41) is 0.811. The van der Waals surface area contributed by atoms with Gasteiger partial charge in [0.15, 0.2) is 15.0 Å². The summed E-state index contributed by atoms with van der Waals surface area (Å²) in [6, 6.07) is 11.9. The molecule has 164 valence electrons. The Balaban J connectivity index is 1.73. The number of anilines is 1. The molecule has 1 aliphatic rings. The monoisotopic (exact) mass is 479 g/mol. The molecule has 2 aromatic carbocycles. The SMILES string of the molecule is CS(=O)(=O)c1cccc2sc(N(CCN3CCOCC3)C(=O)c3ccccc3Cl)nc12. The first-order chi connectivity index (χ1) is 14.8. The molecule has 0 bridgehead atoms. The number of amides is 1. The van der Waals surface area contributed by atoms with Crippen LogP contribution in [0.25, 0.3) is 10.2 Å². The van der Waals surface area contributed by atoms with Gasteiger partial charge in [-0.25, -0.2) is 13.4 Å². The molecule has 0 aliphatic carbocycles. The van der Waals surface area contributed by atoms with Crippen molar-refractivity contribution in [3.8, 4) is 0 Å². The molecule has 7 nitrogen and oxygen atoms in total. The van der Waals surface area contributed by atoms with Gasteiger partial charge in [0.05, 0.1) is 33.4 Å². The number of thiazole rings is 1. The second-order valence-corrected chi connectivity index (χ2v) is 10.7. The number of benzene rings is 2. The van der Waals surface area contributed by atoms with E-state index in [1.807, 2.05) is 6.07 Å². The summed E-state index contributed by atoms with van der Waals surface area (Å²) in [7, 11) is -3.45. The minimum atomic E-state index is -3.45. The van der Waals surface area contributed by atoms with Gasteiger partial charge in [0.2, 0.25) is 0 Å². The molecule has 1 fully saturated rings. The predicted molar refractivity (Wildman–Crippen MR) is 123 cm³/mol. The van der Waals surface area contributed by atoms with Crippen LogP contribution in [0, 0.1) is 0 Å². The van der Waals surface area contributed by atoms with Crippen molar-refractivity contribution in [2.75, 3.05) is 50.5 Å². The van der Waals surface area contributed by atoms with Gasteiger partial charge >= 0.3 is 0 Å². The highest BCUT2D eigenvalue weighted by Gasteiger charge is 2.25. The van der Waals surface area contributed by atoms with Crippen LogP contribution in [-0.4, -0.2) is 69.9 Å². The molecule has 0 unspecified atom stereocenters. The molecule has 1 amide bonds. The van der Waals surface area contributed by atoms with Crippen LogP contribution in [0.5, 0.6) is 0 Å². The van der Waals surface area contributed by atoms with E-state index in [-0.39, 0.29) is 10.8 Å². The van der Waals surface area contributed by atoms with Gasteiger partial charge in [0.25, 0.3) is 5.91 Å². The predicted octanol–water partition coefficient (Wildman–Crippen LogP) is 3.33. The topological polar surface area (TPSA) is 79.8 Å². The number of sulfone groups is 1. The third-order valence-corrected chi connectivity index (χ3v) is 7.60. The zero-order chi connectivity index (χ0) is 22.0. The van der Waals surface area contributed by atoms with E-state index in [0.29, 0.717) is 52.2 Å². The molecule has 31 heavy (non-hydrogen) atoms. The molecule has 1 saturated heterocycles. The van der Waals surface area contributed by atoms with E-state index in [0.717, 1.165) is 19.3 Å². The van der Waals surface area contributed by atoms with E-state index in [4.69, 9.17) is 16.3 Å². The number of fused-ring (bicyclic) bond motifs is 1. The zero-order valence-corrected chi connectivity index (χ0v) is 19.3. The van der Waals surface area contributed by atoms with Crippen LogP contribution in [0.2, 0.25) is 5.02 Å². The van der Waals surface area contributed by atoms with Crippen molar-refractivity contribution in [3.63, 3.8) is 0 Å². The fraction of sp³-hybridized carbons (Fsp3) is 0.333. The second kappa shape index (κ2) is 9.22. The molecule has 3 aromatic rings. The zero-order valence-electron chi connectivity index (χ0n) is 17.0. The molecule has 4 rings (SSSR count). The molecule has 1 aliphatic heterocycles. The summed E-state index contributed by atoms with van der Waals surface area (Å²) < 4.78 is 30.5. The largest absolute Gasteiger partial charge is 0.379 e. The van der Waals surface area contributed by atoms with E-state index in [9.17, 15) is 13.2 Å². The quantitative estimate of drug-likeness (QED) is 0.539. The molecule has 0 N–H and O–H groups in total. The first kappa shape index (κ1) is 22.2. The highest BCUT2D eigenvalue weighted by molar-refractivity contribution is 7.91. The Bertz CT molecular complexity index is 1210. The highest BCUT2D eigenvalue weighted by atomic mass is 35.5.